The summed E-state index contributed by atoms with van der Waals surface area (Å²) in [6, 6.07) is 0.369. The SMILES string of the molecule is CC(C)n1c(Cl)cnc1N1CCCCCC1. The van der Waals surface area contributed by atoms with E-state index in [1.807, 2.05) is 0 Å². The zero-order chi connectivity index (χ0) is 11.5. The number of imidazole rings is 1. The molecular weight excluding hydrogens is 222 g/mol. The van der Waals surface area contributed by atoms with E-state index in [9.17, 15) is 0 Å². The first-order valence-electron chi connectivity index (χ1n) is 6.18. The number of halogens is 1. The summed E-state index contributed by atoms with van der Waals surface area (Å²) in [5, 5.41) is 0.745. The minimum absolute atomic E-state index is 0.369. The number of anilines is 1. The van der Waals surface area contributed by atoms with Gasteiger partial charge in [0, 0.05) is 19.1 Å². The maximum atomic E-state index is 6.17. The summed E-state index contributed by atoms with van der Waals surface area (Å²) in [4.78, 5) is 6.83. The number of hydrogen-bond donors (Lipinski definition) is 0. The molecule has 16 heavy (non-hydrogen) atoms. The van der Waals surface area contributed by atoms with Gasteiger partial charge in [0.25, 0.3) is 0 Å². The third-order valence-corrected chi connectivity index (χ3v) is 3.42. The van der Waals surface area contributed by atoms with Crippen molar-refractivity contribution in [1.82, 2.24) is 9.55 Å². The molecule has 0 unspecified atom stereocenters. The average Bonchev–Trinajstić information content (AvgIpc) is 2.50. The molecule has 0 saturated carbocycles. The van der Waals surface area contributed by atoms with Gasteiger partial charge in [-0.1, -0.05) is 24.4 Å². The lowest BCUT2D eigenvalue weighted by molar-refractivity contribution is 0.584. The minimum atomic E-state index is 0.369. The summed E-state index contributed by atoms with van der Waals surface area (Å²) in [5.74, 6) is 1.04. The second-order valence-electron chi connectivity index (χ2n) is 4.75. The van der Waals surface area contributed by atoms with Crippen LogP contribution in [0.15, 0.2) is 6.20 Å². The summed E-state index contributed by atoms with van der Waals surface area (Å²) in [7, 11) is 0. The van der Waals surface area contributed by atoms with Crippen LogP contribution < -0.4 is 4.90 Å². The molecule has 0 atom stereocenters. The van der Waals surface area contributed by atoms with Crippen LogP contribution in [0.1, 0.15) is 45.6 Å². The van der Waals surface area contributed by atoms with Crippen molar-refractivity contribution < 1.29 is 0 Å². The zero-order valence-corrected chi connectivity index (χ0v) is 10.9. The number of aromatic nitrogens is 2. The fourth-order valence-electron chi connectivity index (χ4n) is 2.31. The van der Waals surface area contributed by atoms with Crippen LogP contribution in [0.4, 0.5) is 5.95 Å². The first kappa shape index (κ1) is 11.8. The first-order valence-corrected chi connectivity index (χ1v) is 6.55. The van der Waals surface area contributed by atoms with Crippen LogP contribution in [0.3, 0.4) is 0 Å². The number of hydrogen-bond acceptors (Lipinski definition) is 2. The van der Waals surface area contributed by atoms with Crippen molar-refractivity contribution in [1.29, 1.82) is 0 Å². The number of rotatable bonds is 2. The van der Waals surface area contributed by atoms with Gasteiger partial charge in [0.05, 0.1) is 6.20 Å². The van der Waals surface area contributed by atoms with Crippen molar-refractivity contribution in [3.63, 3.8) is 0 Å². The molecule has 1 aliphatic heterocycles. The summed E-state index contributed by atoms with van der Waals surface area (Å²) >= 11 is 6.17. The van der Waals surface area contributed by atoms with Crippen molar-refractivity contribution in [2.45, 2.75) is 45.6 Å². The van der Waals surface area contributed by atoms with Crippen molar-refractivity contribution in [2.24, 2.45) is 0 Å². The smallest absolute Gasteiger partial charge is 0.206 e. The van der Waals surface area contributed by atoms with E-state index < -0.39 is 0 Å². The molecule has 1 aromatic heterocycles. The molecule has 0 radical (unpaired) electrons. The van der Waals surface area contributed by atoms with E-state index in [2.05, 4.69) is 28.3 Å². The van der Waals surface area contributed by atoms with Crippen LogP contribution >= 0.6 is 11.6 Å². The van der Waals surface area contributed by atoms with E-state index in [0.717, 1.165) is 24.2 Å². The Bertz CT molecular complexity index is 338. The molecule has 90 valence electrons. The second-order valence-corrected chi connectivity index (χ2v) is 5.13. The van der Waals surface area contributed by atoms with E-state index >= 15 is 0 Å². The van der Waals surface area contributed by atoms with Gasteiger partial charge in [-0.05, 0) is 26.7 Å². The molecule has 1 saturated heterocycles. The molecule has 1 aliphatic rings. The summed E-state index contributed by atoms with van der Waals surface area (Å²) in [6.07, 6.45) is 6.98. The van der Waals surface area contributed by atoms with Gasteiger partial charge in [-0.3, -0.25) is 4.57 Å². The summed E-state index contributed by atoms with van der Waals surface area (Å²) in [6.45, 7) is 6.52. The molecule has 0 aromatic carbocycles. The highest BCUT2D eigenvalue weighted by Crippen LogP contribution is 2.26. The van der Waals surface area contributed by atoms with Gasteiger partial charge in [-0.15, -0.1) is 0 Å². The lowest BCUT2D eigenvalue weighted by atomic mass is 10.2. The van der Waals surface area contributed by atoms with Gasteiger partial charge in [0.1, 0.15) is 5.15 Å². The lowest BCUT2D eigenvalue weighted by Gasteiger charge is -2.24. The van der Waals surface area contributed by atoms with Gasteiger partial charge in [0.15, 0.2) is 0 Å². The molecule has 3 nitrogen and oxygen atoms in total. The molecule has 1 aromatic rings. The van der Waals surface area contributed by atoms with Crippen LogP contribution in [0.5, 0.6) is 0 Å². The third kappa shape index (κ3) is 2.34. The summed E-state index contributed by atoms with van der Waals surface area (Å²) in [5.41, 5.74) is 0. The van der Waals surface area contributed by atoms with Gasteiger partial charge in [0.2, 0.25) is 5.95 Å². The Kier molecular flexibility index (Phi) is 3.74. The van der Waals surface area contributed by atoms with Crippen LogP contribution in [0.2, 0.25) is 5.15 Å². The Hall–Kier alpha value is -0.700. The molecular formula is C12H20ClN3. The van der Waals surface area contributed by atoms with Gasteiger partial charge >= 0.3 is 0 Å². The monoisotopic (exact) mass is 241 g/mol. The van der Waals surface area contributed by atoms with Crippen molar-refractivity contribution >= 4 is 17.5 Å². The minimum Gasteiger partial charge on any atom is -0.342 e. The molecule has 4 heteroatoms. The van der Waals surface area contributed by atoms with E-state index in [-0.39, 0.29) is 0 Å². The van der Waals surface area contributed by atoms with E-state index in [1.165, 1.54) is 25.7 Å². The normalized spacial score (nSPS) is 17.9. The second kappa shape index (κ2) is 5.09. The quantitative estimate of drug-likeness (QED) is 0.790. The molecule has 2 rings (SSSR count). The fourth-order valence-corrected chi connectivity index (χ4v) is 2.63. The Labute approximate surface area is 102 Å². The Morgan fingerprint density at radius 3 is 2.38 bits per heavy atom. The molecule has 0 spiro atoms. The Balaban J connectivity index is 2.24. The van der Waals surface area contributed by atoms with Gasteiger partial charge < -0.3 is 4.90 Å². The predicted molar refractivity (Wildman–Crippen MR) is 68.3 cm³/mol. The maximum Gasteiger partial charge on any atom is 0.206 e. The number of nitrogens with zero attached hydrogens (tertiary/aromatic N) is 3. The highest BCUT2D eigenvalue weighted by molar-refractivity contribution is 6.29. The van der Waals surface area contributed by atoms with Gasteiger partial charge in [-0.25, -0.2) is 4.98 Å². The zero-order valence-electron chi connectivity index (χ0n) is 10.1. The Morgan fingerprint density at radius 1 is 1.19 bits per heavy atom. The van der Waals surface area contributed by atoms with Crippen LogP contribution in [0.25, 0.3) is 0 Å². The largest absolute Gasteiger partial charge is 0.342 e. The molecule has 1 fully saturated rings. The van der Waals surface area contributed by atoms with Crippen LogP contribution in [-0.2, 0) is 0 Å². The molecule has 0 aliphatic carbocycles. The Morgan fingerprint density at radius 2 is 1.81 bits per heavy atom. The molecule has 0 amide bonds. The van der Waals surface area contributed by atoms with Crippen molar-refractivity contribution in [3.05, 3.63) is 11.3 Å². The van der Waals surface area contributed by atoms with E-state index in [1.54, 1.807) is 6.20 Å². The first-order chi connectivity index (χ1) is 7.70. The maximum absolute atomic E-state index is 6.17. The van der Waals surface area contributed by atoms with Gasteiger partial charge in [-0.2, -0.15) is 0 Å². The summed E-state index contributed by atoms with van der Waals surface area (Å²) < 4.78 is 2.12. The highest BCUT2D eigenvalue weighted by atomic mass is 35.5. The van der Waals surface area contributed by atoms with E-state index in [0.29, 0.717) is 6.04 Å². The molecule has 0 bridgehead atoms. The fraction of sp³-hybridized carbons (Fsp3) is 0.750. The molecule has 2 heterocycles. The van der Waals surface area contributed by atoms with Crippen molar-refractivity contribution in [3.8, 4) is 0 Å². The third-order valence-electron chi connectivity index (χ3n) is 3.14. The average molecular weight is 242 g/mol. The van der Waals surface area contributed by atoms with Crippen molar-refractivity contribution in [2.75, 3.05) is 18.0 Å². The molecule has 0 N–H and O–H groups in total. The predicted octanol–water partition coefficient (Wildman–Crippen LogP) is 3.50. The van der Waals surface area contributed by atoms with Crippen LogP contribution in [0, 0.1) is 0 Å². The topological polar surface area (TPSA) is 21.1 Å². The van der Waals surface area contributed by atoms with E-state index in [4.69, 9.17) is 11.6 Å². The highest BCUT2D eigenvalue weighted by Gasteiger charge is 2.18. The van der Waals surface area contributed by atoms with Crippen LogP contribution in [-0.4, -0.2) is 22.6 Å². The standard InChI is InChI=1S/C12H20ClN3/c1-10(2)16-11(13)9-14-12(16)15-7-5-3-4-6-8-15/h9-10H,3-8H2,1-2H3. The lowest BCUT2D eigenvalue weighted by Crippen LogP contribution is -2.27.